The van der Waals surface area contributed by atoms with Crippen molar-refractivity contribution in [2.24, 2.45) is 0 Å². The number of hydrogen-bond donors (Lipinski definition) is 3. The molecule has 2 aromatic carbocycles. The van der Waals surface area contributed by atoms with Crippen molar-refractivity contribution >= 4 is 40.7 Å². The third kappa shape index (κ3) is 5.50. The van der Waals surface area contributed by atoms with Gasteiger partial charge in [-0.15, -0.1) is 12.4 Å². The summed E-state index contributed by atoms with van der Waals surface area (Å²) in [5.41, 5.74) is 1.60. The SMILES string of the molecule is CC(C)NC(=O)COc1cccc(-c2nccc(Nc3cc4cn[nH]c4cc3F)n2)c1.Cl. The van der Waals surface area contributed by atoms with Gasteiger partial charge in [0.05, 0.1) is 17.4 Å². The molecule has 2 aromatic heterocycles. The van der Waals surface area contributed by atoms with Crippen molar-refractivity contribution in [3.05, 3.63) is 60.7 Å². The second kappa shape index (κ2) is 10.1. The molecule has 10 heteroatoms. The molecule has 1 amide bonds. The molecular formula is C22H22ClFN6O2. The molecule has 0 atom stereocenters. The van der Waals surface area contributed by atoms with Crippen LogP contribution in [0.25, 0.3) is 22.3 Å². The van der Waals surface area contributed by atoms with Crippen LogP contribution in [-0.4, -0.2) is 38.7 Å². The van der Waals surface area contributed by atoms with Crippen molar-refractivity contribution in [2.75, 3.05) is 11.9 Å². The summed E-state index contributed by atoms with van der Waals surface area (Å²) in [6.45, 7) is 3.69. The lowest BCUT2D eigenvalue weighted by atomic mass is 10.2. The largest absolute Gasteiger partial charge is 0.484 e. The van der Waals surface area contributed by atoms with Crippen molar-refractivity contribution in [3.63, 3.8) is 0 Å². The third-order valence-corrected chi connectivity index (χ3v) is 4.36. The van der Waals surface area contributed by atoms with E-state index in [2.05, 4.69) is 30.8 Å². The van der Waals surface area contributed by atoms with E-state index >= 15 is 0 Å². The summed E-state index contributed by atoms with van der Waals surface area (Å²) < 4.78 is 19.9. The number of rotatable bonds is 7. The van der Waals surface area contributed by atoms with Gasteiger partial charge in [0.15, 0.2) is 12.4 Å². The lowest BCUT2D eigenvalue weighted by Gasteiger charge is -2.11. The van der Waals surface area contributed by atoms with E-state index in [0.29, 0.717) is 28.5 Å². The monoisotopic (exact) mass is 456 g/mol. The highest BCUT2D eigenvalue weighted by Crippen LogP contribution is 2.26. The summed E-state index contributed by atoms with van der Waals surface area (Å²) in [5.74, 6) is 0.780. The smallest absolute Gasteiger partial charge is 0.258 e. The Hall–Kier alpha value is -3.72. The first-order chi connectivity index (χ1) is 15.0. The van der Waals surface area contributed by atoms with Crippen LogP contribution in [0.5, 0.6) is 5.75 Å². The number of fused-ring (bicyclic) bond motifs is 1. The first-order valence-electron chi connectivity index (χ1n) is 9.73. The molecule has 0 aliphatic carbocycles. The zero-order valence-corrected chi connectivity index (χ0v) is 18.2. The quantitative estimate of drug-likeness (QED) is 0.384. The second-order valence-electron chi connectivity index (χ2n) is 7.22. The van der Waals surface area contributed by atoms with E-state index < -0.39 is 5.82 Å². The standard InChI is InChI=1S/C22H21FN6O2.ClH/c1-13(2)26-21(30)12-31-16-5-3-4-14(8-16)22-24-7-6-20(28-22)27-19-9-15-11-25-29-18(15)10-17(19)23;/h3-11,13H,12H2,1-2H3,(H,25,29)(H,26,30)(H,24,27,28);1H. The summed E-state index contributed by atoms with van der Waals surface area (Å²) in [6.07, 6.45) is 3.21. The second-order valence-corrected chi connectivity index (χ2v) is 7.22. The van der Waals surface area contributed by atoms with Crippen LogP contribution in [0.1, 0.15) is 13.8 Å². The van der Waals surface area contributed by atoms with Gasteiger partial charge in [-0.05, 0) is 38.1 Å². The highest BCUT2D eigenvalue weighted by molar-refractivity contribution is 5.85. The number of ether oxygens (including phenoxy) is 1. The first-order valence-corrected chi connectivity index (χ1v) is 9.73. The average molecular weight is 457 g/mol. The molecular weight excluding hydrogens is 435 g/mol. The van der Waals surface area contributed by atoms with Gasteiger partial charge >= 0.3 is 0 Å². The Labute approximate surface area is 190 Å². The van der Waals surface area contributed by atoms with Crippen LogP contribution >= 0.6 is 12.4 Å². The van der Waals surface area contributed by atoms with E-state index in [1.807, 2.05) is 19.9 Å². The number of benzene rings is 2. The highest BCUT2D eigenvalue weighted by Gasteiger charge is 2.10. The molecule has 0 fully saturated rings. The Morgan fingerprint density at radius 1 is 1.22 bits per heavy atom. The van der Waals surface area contributed by atoms with Crippen molar-refractivity contribution in [2.45, 2.75) is 19.9 Å². The molecule has 4 rings (SSSR count). The molecule has 2 heterocycles. The van der Waals surface area contributed by atoms with Crippen molar-refractivity contribution < 1.29 is 13.9 Å². The van der Waals surface area contributed by atoms with Gasteiger partial charge in [-0.3, -0.25) is 9.89 Å². The van der Waals surface area contributed by atoms with Crippen LogP contribution in [-0.2, 0) is 4.79 Å². The maximum Gasteiger partial charge on any atom is 0.258 e. The number of H-pyrrole nitrogens is 1. The summed E-state index contributed by atoms with van der Waals surface area (Å²) in [4.78, 5) is 20.6. The number of halogens is 2. The van der Waals surface area contributed by atoms with Crippen molar-refractivity contribution in [1.29, 1.82) is 0 Å². The number of aromatic amines is 1. The summed E-state index contributed by atoms with van der Waals surface area (Å²) in [6, 6.07) is 11.9. The molecule has 3 N–H and O–H groups in total. The van der Waals surface area contributed by atoms with Crippen LogP contribution in [0.15, 0.2) is 54.9 Å². The molecule has 4 aromatic rings. The van der Waals surface area contributed by atoms with Gasteiger partial charge < -0.3 is 15.4 Å². The van der Waals surface area contributed by atoms with Crippen LogP contribution in [0.4, 0.5) is 15.9 Å². The summed E-state index contributed by atoms with van der Waals surface area (Å²) >= 11 is 0. The Morgan fingerprint density at radius 2 is 2.06 bits per heavy atom. The topological polar surface area (TPSA) is 105 Å². The number of nitrogens with zero attached hydrogens (tertiary/aromatic N) is 3. The molecule has 166 valence electrons. The molecule has 0 radical (unpaired) electrons. The number of anilines is 2. The number of amides is 1. The predicted octanol–water partition coefficient (Wildman–Crippen LogP) is 4.23. The van der Waals surface area contributed by atoms with E-state index in [-0.39, 0.29) is 36.7 Å². The maximum atomic E-state index is 14.4. The number of carbonyl (C=O) groups excluding carboxylic acids is 1. The number of nitrogens with one attached hydrogen (secondary N) is 3. The van der Waals surface area contributed by atoms with E-state index in [1.54, 1.807) is 42.7 Å². The van der Waals surface area contributed by atoms with Gasteiger partial charge in [0.25, 0.3) is 5.91 Å². The Balaban J connectivity index is 0.00000289. The van der Waals surface area contributed by atoms with Gasteiger partial charge in [0.1, 0.15) is 17.4 Å². The van der Waals surface area contributed by atoms with Crippen molar-refractivity contribution in [1.82, 2.24) is 25.5 Å². The van der Waals surface area contributed by atoms with Gasteiger partial charge in [0.2, 0.25) is 0 Å². The van der Waals surface area contributed by atoms with Crippen LogP contribution in [0.2, 0.25) is 0 Å². The fourth-order valence-electron chi connectivity index (χ4n) is 3.00. The zero-order valence-electron chi connectivity index (χ0n) is 17.4. The molecule has 0 saturated heterocycles. The minimum Gasteiger partial charge on any atom is -0.484 e. The van der Waals surface area contributed by atoms with Crippen molar-refractivity contribution in [3.8, 4) is 17.1 Å². The van der Waals surface area contributed by atoms with Gasteiger partial charge in [0, 0.05) is 29.3 Å². The van der Waals surface area contributed by atoms with Gasteiger partial charge in [-0.2, -0.15) is 5.10 Å². The van der Waals surface area contributed by atoms with Crippen LogP contribution in [0.3, 0.4) is 0 Å². The minimum absolute atomic E-state index is 0. The lowest BCUT2D eigenvalue weighted by Crippen LogP contribution is -2.34. The van der Waals surface area contributed by atoms with E-state index in [4.69, 9.17) is 4.74 Å². The van der Waals surface area contributed by atoms with E-state index in [9.17, 15) is 9.18 Å². The molecule has 0 saturated carbocycles. The lowest BCUT2D eigenvalue weighted by molar-refractivity contribution is -0.123. The normalized spacial score (nSPS) is 10.6. The number of aromatic nitrogens is 4. The van der Waals surface area contributed by atoms with Gasteiger partial charge in [-0.1, -0.05) is 12.1 Å². The summed E-state index contributed by atoms with van der Waals surface area (Å²) in [5, 5.41) is 13.2. The predicted molar refractivity (Wildman–Crippen MR) is 123 cm³/mol. The van der Waals surface area contributed by atoms with Crippen LogP contribution < -0.4 is 15.4 Å². The Bertz CT molecular complexity index is 1230. The van der Waals surface area contributed by atoms with E-state index in [0.717, 1.165) is 5.39 Å². The highest BCUT2D eigenvalue weighted by atomic mass is 35.5. The first kappa shape index (κ1) is 23.0. The maximum absolute atomic E-state index is 14.4. The van der Waals surface area contributed by atoms with Gasteiger partial charge in [-0.25, -0.2) is 14.4 Å². The third-order valence-electron chi connectivity index (χ3n) is 4.36. The Morgan fingerprint density at radius 3 is 2.88 bits per heavy atom. The molecule has 0 unspecified atom stereocenters. The molecule has 0 aliphatic heterocycles. The molecule has 0 spiro atoms. The fourth-order valence-corrected chi connectivity index (χ4v) is 3.00. The molecule has 32 heavy (non-hydrogen) atoms. The van der Waals surface area contributed by atoms with E-state index in [1.165, 1.54) is 6.07 Å². The Kier molecular flexibility index (Phi) is 7.21. The number of hydrogen-bond acceptors (Lipinski definition) is 6. The molecule has 8 nitrogen and oxygen atoms in total. The average Bonchev–Trinajstić information content (AvgIpc) is 3.19. The molecule has 0 aliphatic rings. The van der Waals surface area contributed by atoms with Crippen LogP contribution in [0, 0.1) is 5.82 Å². The summed E-state index contributed by atoms with van der Waals surface area (Å²) in [7, 11) is 0. The fraction of sp³-hybridized carbons (Fsp3) is 0.182. The zero-order chi connectivity index (χ0) is 21.8. The number of carbonyl (C=O) groups is 1. The molecule has 0 bridgehead atoms. The minimum atomic E-state index is -0.424.